The van der Waals surface area contributed by atoms with E-state index in [0.29, 0.717) is 12.2 Å². The van der Waals surface area contributed by atoms with E-state index in [1.54, 1.807) is 0 Å². The summed E-state index contributed by atoms with van der Waals surface area (Å²) < 4.78 is 62.5. The normalized spacial score (nSPS) is 20.2. The number of nitrogens with zero attached hydrogens (tertiary/aromatic N) is 4. The fraction of sp³-hybridized carbons (Fsp3) is 0.581. The molecule has 0 aliphatic carbocycles. The second kappa shape index (κ2) is 31.1. The Hall–Kier alpha value is -3.74. The molecule has 7 unspecified atom stereocenters. The van der Waals surface area contributed by atoms with Crippen molar-refractivity contribution < 1.29 is 80.5 Å². The van der Waals surface area contributed by atoms with Crippen LogP contribution in [0.1, 0.15) is 97.6 Å². The molecule has 0 aromatic carbocycles. The molecule has 1 saturated heterocycles. The summed E-state index contributed by atoms with van der Waals surface area (Å²) >= 11 is 1.13. The molecule has 398 valence electrons. The Morgan fingerprint density at radius 3 is 2.11 bits per heavy atom. The van der Waals surface area contributed by atoms with Crippen LogP contribution >= 0.6 is 35.2 Å². The van der Waals surface area contributed by atoms with Crippen LogP contribution in [0.4, 0.5) is 5.82 Å². The number of nitrogen functional groups attached to an aromatic ring is 1. The number of rotatable bonds is 34. The van der Waals surface area contributed by atoms with E-state index in [1.807, 2.05) is 0 Å². The Labute approximate surface area is 417 Å². The van der Waals surface area contributed by atoms with E-state index in [4.69, 9.17) is 19.5 Å². The molecule has 7 atom stereocenters. The van der Waals surface area contributed by atoms with Crippen molar-refractivity contribution >= 4 is 69.1 Å². The Morgan fingerprint density at radius 2 is 1.48 bits per heavy atom. The van der Waals surface area contributed by atoms with Gasteiger partial charge in [-0.25, -0.2) is 28.6 Å². The van der Waals surface area contributed by atoms with Gasteiger partial charge in [0.2, 0.25) is 11.8 Å². The maximum absolute atomic E-state index is 12.8. The number of unbranched alkanes of at least 4 members (excludes halogenated alkanes) is 3. The van der Waals surface area contributed by atoms with Crippen LogP contribution in [-0.2, 0) is 50.7 Å². The van der Waals surface area contributed by atoms with Gasteiger partial charge in [0.1, 0.15) is 36.3 Å². The Morgan fingerprint density at radius 1 is 0.859 bits per heavy atom. The highest BCUT2D eigenvalue weighted by Crippen LogP contribution is 2.61. The zero-order valence-electron chi connectivity index (χ0n) is 39.9. The third kappa shape index (κ3) is 23.8. The first-order valence-corrected chi connectivity index (χ1v) is 28.4. The summed E-state index contributed by atoms with van der Waals surface area (Å²) in [7, 11) is -16.4. The highest BCUT2D eigenvalue weighted by Gasteiger charge is 2.50. The van der Waals surface area contributed by atoms with Crippen LogP contribution in [0.5, 0.6) is 0 Å². The summed E-state index contributed by atoms with van der Waals surface area (Å²) in [6, 6.07) is 0. The van der Waals surface area contributed by atoms with Gasteiger partial charge in [-0.2, -0.15) is 4.31 Å². The first kappa shape index (κ1) is 61.6. The maximum Gasteiger partial charge on any atom is 0.481 e. The summed E-state index contributed by atoms with van der Waals surface area (Å²) in [6.07, 6.45) is 23.6. The maximum atomic E-state index is 12.8. The minimum atomic E-state index is -5.58. The van der Waals surface area contributed by atoms with Crippen molar-refractivity contribution in [2.24, 2.45) is 5.41 Å². The SMILES string of the molecule is CC/C=C/C/C=C/C/C=C/C/C=C/C/C=C/CCCCCC(=O)SCCNC(=O)CCNC(=O)C(O)C(C)(C)COP(=O)(O)OP(=O)(O)OCC1OC(n2cnc3c(N)ncnc32)C(O)C1OP(=O)(O)O. The zero-order chi connectivity index (χ0) is 52.5. The predicted molar refractivity (Wildman–Crippen MR) is 265 cm³/mol. The Bertz CT molecular complexity index is 2310. The number of thioether (sulfide) groups is 1. The van der Waals surface area contributed by atoms with Crippen molar-refractivity contribution in [3.63, 3.8) is 0 Å². The number of amides is 2. The van der Waals surface area contributed by atoms with Crippen molar-refractivity contribution in [3.05, 3.63) is 73.4 Å². The molecule has 3 rings (SSSR count). The molecule has 3 heterocycles. The third-order valence-electron chi connectivity index (χ3n) is 10.2. The molecule has 0 spiro atoms. The van der Waals surface area contributed by atoms with Crippen molar-refractivity contribution in [1.82, 2.24) is 30.2 Å². The van der Waals surface area contributed by atoms with Crippen LogP contribution in [0.3, 0.4) is 0 Å². The summed E-state index contributed by atoms with van der Waals surface area (Å²) in [5.41, 5.74) is 4.28. The van der Waals surface area contributed by atoms with E-state index in [9.17, 15) is 57.9 Å². The number of hydrogen-bond donors (Lipinski definition) is 9. The van der Waals surface area contributed by atoms with Gasteiger partial charge in [-0.15, -0.1) is 0 Å². The van der Waals surface area contributed by atoms with Crippen LogP contribution in [0.25, 0.3) is 11.2 Å². The van der Waals surface area contributed by atoms with Gasteiger partial charge in [0.05, 0.1) is 19.5 Å². The van der Waals surface area contributed by atoms with E-state index in [0.717, 1.165) is 86.8 Å². The first-order valence-electron chi connectivity index (χ1n) is 22.9. The standard InChI is InChI=1S/C43H68N7O17P3S/c1-4-5-6-7-8-9-10-11-12-13-14-15-16-17-18-19-20-21-22-23-34(52)71-27-26-45-33(51)24-25-46-41(55)38(54)43(2,3)29-64-70(61,62)67-69(59,60)63-28-32-37(66-68(56,57)58)36(53)42(65-32)50-31-49-35-39(44)47-30-48-40(35)50/h5-6,8-9,11-12,14-15,17-18,30-32,36-38,42,53-54H,4,7,10,13,16,19-29H2,1-3H3,(H,45,51)(H,46,55)(H,59,60)(H,61,62)(H2,44,47,48)(H2,56,57,58)/b6-5+,9-8+,12-11+,15-14+,18-17+. The smallest absolute Gasteiger partial charge is 0.386 e. The monoisotopic (exact) mass is 1080 g/mol. The number of carbonyl (C=O) groups is 3. The number of anilines is 1. The molecule has 2 aromatic rings. The lowest BCUT2D eigenvalue weighted by atomic mass is 9.87. The lowest BCUT2D eigenvalue weighted by Crippen LogP contribution is -2.46. The first-order chi connectivity index (χ1) is 33.6. The quantitative estimate of drug-likeness (QED) is 0.0242. The average Bonchev–Trinajstić information content (AvgIpc) is 3.86. The molecule has 1 fully saturated rings. The van der Waals surface area contributed by atoms with Crippen molar-refractivity contribution in [3.8, 4) is 0 Å². The summed E-state index contributed by atoms with van der Waals surface area (Å²) in [6.45, 7) is 2.65. The largest absolute Gasteiger partial charge is 0.481 e. The zero-order valence-corrected chi connectivity index (χ0v) is 43.4. The van der Waals surface area contributed by atoms with Crippen LogP contribution in [0.2, 0.25) is 0 Å². The number of aromatic nitrogens is 4. The topological polar surface area (TPSA) is 364 Å². The van der Waals surface area contributed by atoms with Crippen LogP contribution in [-0.4, -0.2) is 123 Å². The Kier molecular flexibility index (Phi) is 27.0. The second-order valence-corrected chi connectivity index (χ2v) is 22.0. The number of nitrogens with two attached hydrogens (primary N) is 1. The van der Waals surface area contributed by atoms with Crippen molar-refractivity contribution in [1.29, 1.82) is 0 Å². The number of aliphatic hydroxyl groups is 2. The number of aliphatic hydroxyl groups excluding tert-OH is 2. The number of phosphoric ester groups is 3. The number of fused-ring (bicyclic) bond motifs is 1. The molecule has 1 aliphatic heterocycles. The van der Waals surface area contributed by atoms with Crippen molar-refractivity contribution in [2.45, 2.75) is 122 Å². The highest BCUT2D eigenvalue weighted by molar-refractivity contribution is 8.13. The highest BCUT2D eigenvalue weighted by atomic mass is 32.2. The van der Waals surface area contributed by atoms with E-state index in [2.05, 4.69) is 102 Å². The predicted octanol–water partition coefficient (Wildman–Crippen LogP) is 5.37. The van der Waals surface area contributed by atoms with Crippen LogP contribution in [0, 0.1) is 5.41 Å². The lowest BCUT2D eigenvalue weighted by molar-refractivity contribution is -0.137. The number of imidazole rings is 1. The van der Waals surface area contributed by atoms with Gasteiger partial charge in [-0.3, -0.25) is 32.5 Å². The number of carbonyl (C=O) groups excluding carboxylic acids is 3. The number of nitrogens with one attached hydrogen (secondary N) is 2. The van der Waals surface area contributed by atoms with Crippen molar-refractivity contribution in [2.75, 3.05) is 37.8 Å². The van der Waals surface area contributed by atoms with Crippen LogP contribution in [0.15, 0.2) is 73.4 Å². The second-order valence-electron chi connectivity index (χ2n) is 16.6. The fourth-order valence-electron chi connectivity index (χ4n) is 6.44. The summed E-state index contributed by atoms with van der Waals surface area (Å²) in [5, 5.41) is 26.6. The van der Waals surface area contributed by atoms with Crippen LogP contribution < -0.4 is 16.4 Å². The van der Waals surface area contributed by atoms with Gasteiger partial charge in [0, 0.05) is 37.1 Å². The number of allylic oxidation sites excluding steroid dienone is 10. The van der Waals surface area contributed by atoms with Gasteiger partial charge < -0.3 is 50.9 Å². The molecule has 0 bridgehead atoms. The summed E-state index contributed by atoms with van der Waals surface area (Å²) in [4.78, 5) is 88.4. The van der Waals surface area contributed by atoms with Gasteiger partial charge in [0.15, 0.2) is 22.8 Å². The van der Waals surface area contributed by atoms with Gasteiger partial charge in [0.25, 0.3) is 0 Å². The minimum absolute atomic E-state index is 0.0305. The minimum Gasteiger partial charge on any atom is -0.386 e. The third-order valence-corrected chi connectivity index (χ3v) is 14.2. The molecule has 1 aliphatic rings. The van der Waals surface area contributed by atoms with E-state index in [-0.39, 0.29) is 41.6 Å². The molecule has 0 radical (unpaired) electrons. The van der Waals surface area contributed by atoms with E-state index >= 15 is 0 Å². The molecule has 2 amide bonds. The number of phosphoric acid groups is 3. The van der Waals surface area contributed by atoms with Gasteiger partial charge in [-0.1, -0.05) is 99.7 Å². The molecule has 28 heteroatoms. The van der Waals surface area contributed by atoms with Gasteiger partial charge >= 0.3 is 23.5 Å². The molecule has 10 N–H and O–H groups in total. The molecule has 2 aromatic heterocycles. The number of ether oxygens (including phenoxy) is 1. The fourth-order valence-corrected chi connectivity index (χ4v) is 9.99. The molecular formula is C43H68N7O17P3S. The molecular weight excluding hydrogens is 1010 g/mol. The van der Waals surface area contributed by atoms with E-state index < -0.39 is 84.6 Å². The van der Waals surface area contributed by atoms with E-state index in [1.165, 1.54) is 13.8 Å². The molecule has 24 nitrogen and oxygen atoms in total. The molecule has 0 saturated carbocycles. The lowest BCUT2D eigenvalue weighted by Gasteiger charge is -2.30. The van der Waals surface area contributed by atoms with Gasteiger partial charge in [-0.05, 0) is 51.4 Å². The summed E-state index contributed by atoms with van der Waals surface area (Å²) in [5.74, 6) is -1.07. The molecule has 71 heavy (non-hydrogen) atoms. The Balaban J connectivity index is 1.28. The number of hydrogen-bond acceptors (Lipinski definition) is 18. The average molecular weight is 1080 g/mol.